The molecule has 1 N–H and O–H groups in total. The molecule has 1 aromatic carbocycles. The summed E-state index contributed by atoms with van der Waals surface area (Å²) in [5.41, 5.74) is 5.71. The summed E-state index contributed by atoms with van der Waals surface area (Å²) in [7, 11) is 0. The van der Waals surface area contributed by atoms with Crippen molar-refractivity contribution in [2.24, 2.45) is 0 Å². The SMILES string of the molecule is CCC1CCONCc2ccc1cc2. The minimum Gasteiger partial charge on any atom is -0.301 e. The predicted octanol–water partition coefficient (Wildman–Crippen LogP) is 2.61. The van der Waals surface area contributed by atoms with E-state index in [-0.39, 0.29) is 0 Å². The fourth-order valence-electron chi connectivity index (χ4n) is 1.92. The van der Waals surface area contributed by atoms with Gasteiger partial charge in [-0.3, -0.25) is 0 Å². The van der Waals surface area contributed by atoms with Crippen LogP contribution in [0.3, 0.4) is 0 Å². The number of hydrogen-bond donors (Lipinski definition) is 1. The van der Waals surface area contributed by atoms with Crippen LogP contribution in [0.15, 0.2) is 24.3 Å². The van der Waals surface area contributed by atoms with Gasteiger partial charge in [0.1, 0.15) is 0 Å². The lowest BCUT2D eigenvalue weighted by atomic mass is 9.93. The Hall–Kier alpha value is -0.860. The van der Waals surface area contributed by atoms with Crippen LogP contribution >= 0.6 is 0 Å². The van der Waals surface area contributed by atoms with Crippen molar-refractivity contribution in [1.82, 2.24) is 5.48 Å². The van der Waals surface area contributed by atoms with Gasteiger partial charge < -0.3 is 4.84 Å². The number of rotatable bonds is 1. The monoisotopic (exact) mass is 191 g/mol. The molecule has 0 saturated heterocycles. The lowest BCUT2D eigenvalue weighted by Gasteiger charge is -2.18. The molecule has 14 heavy (non-hydrogen) atoms. The van der Waals surface area contributed by atoms with Gasteiger partial charge >= 0.3 is 0 Å². The molecular formula is C12H17NO. The maximum absolute atomic E-state index is 5.34. The summed E-state index contributed by atoms with van der Waals surface area (Å²) < 4.78 is 0. The van der Waals surface area contributed by atoms with Crippen LogP contribution in [0.4, 0.5) is 0 Å². The van der Waals surface area contributed by atoms with E-state index in [1.54, 1.807) is 0 Å². The van der Waals surface area contributed by atoms with E-state index in [0.717, 1.165) is 19.6 Å². The molecule has 2 heteroatoms. The minimum atomic E-state index is 0.643. The molecule has 3 rings (SSSR count). The number of nitrogens with one attached hydrogen (secondary N) is 1. The Kier molecular flexibility index (Phi) is 3.17. The third-order valence-electron chi connectivity index (χ3n) is 2.89. The predicted molar refractivity (Wildman–Crippen MR) is 56.9 cm³/mol. The van der Waals surface area contributed by atoms with E-state index >= 15 is 0 Å². The first kappa shape index (κ1) is 9.69. The lowest BCUT2D eigenvalue weighted by Crippen LogP contribution is -2.17. The van der Waals surface area contributed by atoms with Crippen molar-refractivity contribution in [3.05, 3.63) is 35.4 Å². The molecule has 0 fully saturated rings. The maximum atomic E-state index is 5.34. The van der Waals surface area contributed by atoms with Gasteiger partial charge in [0, 0.05) is 6.54 Å². The van der Waals surface area contributed by atoms with Gasteiger partial charge in [0.2, 0.25) is 0 Å². The van der Waals surface area contributed by atoms with E-state index in [9.17, 15) is 0 Å². The van der Waals surface area contributed by atoms with Gasteiger partial charge in [-0.1, -0.05) is 31.2 Å². The molecule has 0 amide bonds. The van der Waals surface area contributed by atoms with Crippen LogP contribution in [0.1, 0.15) is 36.8 Å². The largest absolute Gasteiger partial charge is 0.301 e. The number of fused-ring (bicyclic) bond motifs is 7. The third-order valence-corrected chi connectivity index (χ3v) is 2.89. The van der Waals surface area contributed by atoms with Crippen molar-refractivity contribution in [2.45, 2.75) is 32.2 Å². The van der Waals surface area contributed by atoms with Gasteiger partial charge in [-0.05, 0) is 29.9 Å². The summed E-state index contributed by atoms with van der Waals surface area (Å²) in [4.78, 5) is 5.34. The van der Waals surface area contributed by atoms with Gasteiger partial charge in [0.15, 0.2) is 0 Å². The molecule has 2 nitrogen and oxygen atoms in total. The molecule has 0 radical (unpaired) electrons. The fourth-order valence-corrected chi connectivity index (χ4v) is 1.92. The zero-order valence-corrected chi connectivity index (χ0v) is 8.62. The van der Waals surface area contributed by atoms with E-state index in [2.05, 4.69) is 36.7 Å². The van der Waals surface area contributed by atoms with Crippen LogP contribution in [-0.4, -0.2) is 6.61 Å². The Morgan fingerprint density at radius 2 is 2.14 bits per heavy atom. The number of benzene rings is 1. The quantitative estimate of drug-likeness (QED) is 0.736. The fraction of sp³-hybridized carbons (Fsp3) is 0.500. The molecule has 76 valence electrons. The van der Waals surface area contributed by atoms with Crippen LogP contribution in [0, 0.1) is 0 Å². The zero-order valence-electron chi connectivity index (χ0n) is 8.62. The highest BCUT2D eigenvalue weighted by Crippen LogP contribution is 2.24. The van der Waals surface area contributed by atoms with E-state index in [1.807, 2.05) is 0 Å². The van der Waals surface area contributed by atoms with Crippen LogP contribution in [0.5, 0.6) is 0 Å². The van der Waals surface area contributed by atoms with Gasteiger partial charge in [-0.25, -0.2) is 0 Å². The number of hydroxylamine groups is 1. The first-order chi connectivity index (χ1) is 6.90. The Balaban J connectivity index is 2.24. The van der Waals surface area contributed by atoms with Crippen LogP contribution in [0.2, 0.25) is 0 Å². The van der Waals surface area contributed by atoms with Crippen molar-refractivity contribution in [3.8, 4) is 0 Å². The third kappa shape index (κ3) is 2.14. The van der Waals surface area contributed by atoms with Gasteiger partial charge in [-0.15, -0.1) is 0 Å². The van der Waals surface area contributed by atoms with Crippen molar-refractivity contribution in [2.75, 3.05) is 6.61 Å². The second-order valence-corrected chi connectivity index (χ2v) is 3.81. The number of hydrogen-bond acceptors (Lipinski definition) is 2. The maximum Gasteiger partial charge on any atom is 0.0688 e. The molecule has 1 aromatic rings. The average molecular weight is 191 g/mol. The molecule has 0 aromatic heterocycles. The molecular weight excluding hydrogens is 174 g/mol. The van der Waals surface area contributed by atoms with Gasteiger partial charge in [0.05, 0.1) is 6.61 Å². The highest BCUT2D eigenvalue weighted by molar-refractivity contribution is 5.25. The minimum absolute atomic E-state index is 0.643. The molecule has 2 bridgehead atoms. The van der Waals surface area contributed by atoms with Crippen LogP contribution in [-0.2, 0) is 11.4 Å². The summed E-state index contributed by atoms with van der Waals surface area (Å²) in [6.07, 6.45) is 2.28. The molecule has 2 heterocycles. The van der Waals surface area contributed by atoms with Crippen molar-refractivity contribution in [3.63, 3.8) is 0 Å². The summed E-state index contributed by atoms with van der Waals surface area (Å²) in [5.74, 6) is 0.643. The topological polar surface area (TPSA) is 21.3 Å². The summed E-state index contributed by atoms with van der Waals surface area (Å²) in [6.45, 7) is 3.84. The average Bonchev–Trinajstić information content (AvgIpc) is 2.27. The lowest BCUT2D eigenvalue weighted by molar-refractivity contribution is 0.0314. The Morgan fingerprint density at radius 3 is 2.86 bits per heavy atom. The standard InChI is InChI=1S/C12H17NO/c1-2-11-7-8-14-13-9-10-3-5-12(11)6-4-10/h3-6,11,13H,2,7-9H2,1H3. The second-order valence-electron chi connectivity index (χ2n) is 3.81. The Labute approximate surface area is 85.2 Å². The summed E-state index contributed by atoms with van der Waals surface area (Å²) in [6, 6.07) is 8.85. The second kappa shape index (κ2) is 4.58. The van der Waals surface area contributed by atoms with E-state index < -0.39 is 0 Å². The zero-order chi connectivity index (χ0) is 9.80. The first-order valence-electron chi connectivity index (χ1n) is 5.33. The highest BCUT2D eigenvalue weighted by Gasteiger charge is 2.10. The van der Waals surface area contributed by atoms with Crippen LogP contribution < -0.4 is 5.48 Å². The summed E-state index contributed by atoms with van der Waals surface area (Å²) >= 11 is 0. The smallest absolute Gasteiger partial charge is 0.0688 e. The van der Waals surface area contributed by atoms with Crippen LogP contribution in [0.25, 0.3) is 0 Å². The highest BCUT2D eigenvalue weighted by atomic mass is 16.6. The van der Waals surface area contributed by atoms with Crippen molar-refractivity contribution < 1.29 is 4.84 Å². The Morgan fingerprint density at radius 1 is 1.36 bits per heavy atom. The van der Waals surface area contributed by atoms with E-state index in [4.69, 9.17) is 4.84 Å². The van der Waals surface area contributed by atoms with Crippen molar-refractivity contribution in [1.29, 1.82) is 0 Å². The van der Waals surface area contributed by atoms with Gasteiger partial charge in [-0.2, -0.15) is 5.48 Å². The molecule has 0 saturated carbocycles. The normalized spacial score (nSPS) is 22.2. The molecule has 0 spiro atoms. The molecule has 2 aliphatic heterocycles. The summed E-state index contributed by atoms with van der Waals surface area (Å²) in [5, 5.41) is 0. The van der Waals surface area contributed by atoms with Crippen molar-refractivity contribution >= 4 is 0 Å². The van der Waals surface area contributed by atoms with Gasteiger partial charge in [0.25, 0.3) is 0 Å². The molecule has 0 aliphatic carbocycles. The molecule has 1 unspecified atom stereocenters. The first-order valence-corrected chi connectivity index (χ1v) is 5.33. The molecule has 2 aliphatic rings. The Bertz CT molecular complexity index is 281. The van der Waals surface area contributed by atoms with E-state index in [1.165, 1.54) is 17.5 Å². The van der Waals surface area contributed by atoms with E-state index in [0.29, 0.717) is 5.92 Å². The molecule has 1 atom stereocenters.